The Kier molecular flexibility index (Phi) is 4.77. The lowest BCUT2D eigenvalue weighted by molar-refractivity contribution is -0.132. The third-order valence-corrected chi connectivity index (χ3v) is 6.60. The van der Waals surface area contributed by atoms with E-state index in [1.54, 1.807) is 5.51 Å². The van der Waals surface area contributed by atoms with Crippen LogP contribution in [-0.2, 0) is 18.3 Å². The average molecular weight is 388 g/mol. The van der Waals surface area contributed by atoms with E-state index in [1.165, 1.54) is 11.3 Å². The quantitative estimate of drug-likeness (QED) is 0.778. The first-order valence-corrected chi connectivity index (χ1v) is 10.2. The molecule has 0 aliphatic carbocycles. The molecular weight excluding hydrogens is 364 g/mol. The number of amides is 2. The normalized spacial score (nSPS) is 26.5. The molecule has 2 saturated heterocycles. The molecule has 2 aromatic heterocycles. The number of thiazole rings is 1. The predicted molar refractivity (Wildman–Crippen MR) is 101 cm³/mol. The molecule has 27 heavy (non-hydrogen) atoms. The highest BCUT2D eigenvalue weighted by atomic mass is 32.1. The molecule has 2 amide bonds. The van der Waals surface area contributed by atoms with Crippen molar-refractivity contribution < 1.29 is 14.7 Å². The maximum Gasteiger partial charge on any atom is 0.270 e. The number of aliphatic hydroxyl groups is 1. The zero-order chi connectivity index (χ0) is 19.0. The summed E-state index contributed by atoms with van der Waals surface area (Å²) in [6.07, 6.45) is 4.76. The van der Waals surface area contributed by atoms with Gasteiger partial charge in [0.15, 0.2) is 0 Å². The van der Waals surface area contributed by atoms with E-state index in [9.17, 15) is 9.59 Å². The Morgan fingerprint density at radius 3 is 2.96 bits per heavy atom. The van der Waals surface area contributed by atoms with E-state index in [2.05, 4.69) is 10.3 Å². The van der Waals surface area contributed by atoms with Crippen LogP contribution in [0.2, 0.25) is 0 Å². The lowest BCUT2D eigenvalue weighted by atomic mass is 9.70. The third kappa shape index (κ3) is 2.96. The Morgan fingerprint density at radius 2 is 2.30 bits per heavy atom. The van der Waals surface area contributed by atoms with Gasteiger partial charge in [0.2, 0.25) is 5.91 Å². The zero-order valence-electron chi connectivity index (χ0n) is 15.3. The second kappa shape index (κ2) is 7.09. The number of aromatic nitrogens is 2. The summed E-state index contributed by atoms with van der Waals surface area (Å²) in [5.74, 6) is -0.0912. The van der Waals surface area contributed by atoms with Gasteiger partial charge in [-0.15, -0.1) is 11.3 Å². The van der Waals surface area contributed by atoms with E-state index >= 15 is 0 Å². The van der Waals surface area contributed by atoms with Crippen molar-refractivity contribution in [2.45, 2.75) is 37.8 Å². The number of nitrogens with one attached hydrogen (secondary N) is 1. The van der Waals surface area contributed by atoms with Gasteiger partial charge in [-0.05, 0) is 31.4 Å². The monoisotopic (exact) mass is 388 g/mol. The Labute approximate surface area is 162 Å². The number of rotatable bonds is 6. The fourth-order valence-electron chi connectivity index (χ4n) is 4.81. The molecule has 2 N–H and O–H groups in total. The van der Waals surface area contributed by atoms with Gasteiger partial charge in [-0.25, -0.2) is 4.98 Å². The molecule has 0 radical (unpaired) electrons. The highest BCUT2D eigenvalue weighted by molar-refractivity contribution is 7.07. The van der Waals surface area contributed by atoms with Crippen LogP contribution >= 0.6 is 11.3 Å². The van der Waals surface area contributed by atoms with Crippen LogP contribution in [0.3, 0.4) is 0 Å². The molecule has 2 bridgehead atoms. The summed E-state index contributed by atoms with van der Waals surface area (Å²) in [6, 6.07) is 3.61. The highest BCUT2D eigenvalue weighted by Crippen LogP contribution is 2.52. The first kappa shape index (κ1) is 18.2. The number of aryl methyl sites for hydroxylation is 1. The van der Waals surface area contributed by atoms with Gasteiger partial charge in [-0.3, -0.25) is 9.59 Å². The summed E-state index contributed by atoms with van der Waals surface area (Å²) in [5, 5.41) is 14.0. The van der Waals surface area contributed by atoms with Crippen molar-refractivity contribution in [2.75, 3.05) is 13.2 Å². The number of nitrogens with zero attached hydrogens (tertiary/aromatic N) is 3. The van der Waals surface area contributed by atoms with Crippen LogP contribution < -0.4 is 5.32 Å². The number of hydrogen-bond acceptors (Lipinski definition) is 5. The lowest BCUT2D eigenvalue weighted by Crippen LogP contribution is -2.51. The van der Waals surface area contributed by atoms with Gasteiger partial charge in [-0.1, -0.05) is 0 Å². The molecular formula is C19H24N4O3S. The summed E-state index contributed by atoms with van der Waals surface area (Å²) in [6.45, 7) is 0.124. The van der Waals surface area contributed by atoms with E-state index in [0.29, 0.717) is 18.5 Å². The number of aliphatic hydroxyl groups excluding tert-OH is 1. The zero-order valence-corrected chi connectivity index (χ0v) is 16.1. The molecule has 0 aromatic carbocycles. The largest absolute Gasteiger partial charge is 0.395 e. The summed E-state index contributed by atoms with van der Waals surface area (Å²) in [7, 11) is 1.86. The van der Waals surface area contributed by atoms with Crippen LogP contribution in [0.4, 0.5) is 0 Å². The van der Waals surface area contributed by atoms with Gasteiger partial charge in [-0.2, -0.15) is 0 Å². The molecule has 0 unspecified atom stereocenters. The van der Waals surface area contributed by atoms with Gasteiger partial charge < -0.3 is 19.9 Å². The molecule has 4 rings (SSSR count). The van der Waals surface area contributed by atoms with Gasteiger partial charge in [0, 0.05) is 43.7 Å². The Morgan fingerprint density at radius 1 is 1.44 bits per heavy atom. The van der Waals surface area contributed by atoms with Crippen LogP contribution in [0, 0.1) is 5.41 Å². The van der Waals surface area contributed by atoms with Gasteiger partial charge in [0.05, 0.1) is 23.2 Å². The van der Waals surface area contributed by atoms with Crippen molar-refractivity contribution in [2.24, 2.45) is 12.5 Å². The molecule has 0 spiro atoms. The third-order valence-electron chi connectivity index (χ3n) is 5.97. The number of hydrogen-bond donors (Lipinski definition) is 2. The number of fused-ring (bicyclic) bond motifs is 2. The summed E-state index contributed by atoms with van der Waals surface area (Å²) in [5.41, 5.74) is 2.62. The van der Waals surface area contributed by atoms with E-state index in [0.717, 1.165) is 18.5 Å². The van der Waals surface area contributed by atoms with Crippen molar-refractivity contribution in [3.05, 3.63) is 40.6 Å². The van der Waals surface area contributed by atoms with Crippen LogP contribution in [0.15, 0.2) is 29.2 Å². The maximum atomic E-state index is 13.2. The van der Waals surface area contributed by atoms with Crippen LogP contribution in [0.5, 0.6) is 0 Å². The topological polar surface area (TPSA) is 87.5 Å². The SMILES string of the molecule is Cn1cccc1C(=O)N1[C@@H]2CC[C@H]1[C@@](Cc1cscn1)(C(=O)NCCO)C2. The first-order valence-electron chi connectivity index (χ1n) is 9.27. The van der Waals surface area contributed by atoms with Gasteiger partial charge in [0.25, 0.3) is 5.91 Å². The fourth-order valence-corrected chi connectivity index (χ4v) is 5.37. The van der Waals surface area contributed by atoms with Crippen molar-refractivity contribution in [3.8, 4) is 0 Å². The molecule has 8 heteroatoms. The van der Waals surface area contributed by atoms with Crippen molar-refractivity contribution in [3.63, 3.8) is 0 Å². The van der Waals surface area contributed by atoms with Crippen molar-refractivity contribution in [1.29, 1.82) is 0 Å². The minimum absolute atomic E-state index is 0.00916. The fraction of sp³-hybridized carbons (Fsp3) is 0.526. The summed E-state index contributed by atoms with van der Waals surface area (Å²) < 4.78 is 1.83. The molecule has 4 heterocycles. The minimum Gasteiger partial charge on any atom is -0.395 e. The lowest BCUT2D eigenvalue weighted by Gasteiger charge is -2.35. The molecule has 7 nitrogen and oxygen atoms in total. The van der Waals surface area contributed by atoms with Gasteiger partial charge >= 0.3 is 0 Å². The predicted octanol–water partition coefficient (Wildman–Crippen LogP) is 1.20. The second-order valence-corrected chi connectivity index (χ2v) is 8.18. The standard InChI is InChI=1S/C19H24N4O3S/c1-22-7-2-3-15(22)17(25)23-14-4-5-16(23)19(10-14,18(26)20-6-8-24)9-13-11-27-12-21-13/h2-3,7,11-12,14,16,24H,4-6,8-10H2,1H3,(H,20,26)/t14-,16+,19+/m1/s1. The average Bonchev–Trinajstić information content (AvgIpc) is 3.43. The molecule has 0 saturated carbocycles. The molecule has 2 aliphatic heterocycles. The molecule has 3 atom stereocenters. The van der Waals surface area contributed by atoms with Crippen molar-refractivity contribution in [1.82, 2.24) is 19.8 Å². The molecule has 2 aliphatic rings. The summed E-state index contributed by atoms with van der Waals surface area (Å²) >= 11 is 1.51. The van der Waals surface area contributed by atoms with E-state index in [-0.39, 0.29) is 37.0 Å². The van der Waals surface area contributed by atoms with Crippen LogP contribution in [0.25, 0.3) is 0 Å². The Balaban J connectivity index is 1.67. The number of carbonyl (C=O) groups excluding carboxylic acids is 2. The maximum absolute atomic E-state index is 13.2. The Bertz CT molecular complexity index is 834. The van der Waals surface area contributed by atoms with E-state index in [4.69, 9.17) is 5.11 Å². The van der Waals surface area contributed by atoms with Crippen molar-refractivity contribution >= 4 is 23.2 Å². The molecule has 144 valence electrons. The highest BCUT2D eigenvalue weighted by Gasteiger charge is 2.61. The summed E-state index contributed by atoms with van der Waals surface area (Å²) in [4.78, 5) is 32.7. The second-order valence-electron chi connectivity index (χ2n) is 7.46. The van der Waals surface area contributed by atoms with Crippen LogP contribution in [-0.4, -0.2) is 56.6 Å². The number of carbonyl (C=O) groups is 2. The Hall–Kier alpha value is -2.19. The molecule has 2 fully saturated rings. The minimum atomic E-state index is -0.688. The van der Waals surface area contributed by atoms with E-state index in [1.807, 2.05) is 40.2 Å². The van der Waals surface area contributed by atoms with Crippen LogP contribution in [0.1, 0.15) is 35.4 Å². The first-order chi connectivity index (χ1) is 13.1. The molecule has 2 aromatic rings. The van der Waals surface area contributed by atoms with Gasteiger partial charge in [0.1, 0.15) is 5.69 Å². The van der Waals surface area contributed by atoms with E-state index < -0.39 is 5.41 Å². The smallest absolute Gasteiger partial charge is 0.270 e.